The van der Waals surface area contributed by atoms with E-state index in [0.29, 0.717) is 0 Å². The Morgan fingerprint density at radius 2 is 1.92 bits per heavy atom. The summed E-state index contributed by atoms with van der Waals surface area (Å²) in [4.78, 5) is 14.3. The van der Waals surface area contributed by atoms with Gasteiger partial charge in [-0.2, -0.15) is 8.78 Å². The molecule has 0 aliphatic heterocycles. The predicted octanol–water partition coefficient (Wildman–Crippen LogP) is 3.98. The summed E-state index contributed by atoms with van der Waals surface area (Å²) in [6.45, 7) is -2.84. The first-order valence-corrected chi connectivity index (χ1v) is 7.92. The minimum absolute atomic E-state index is 0.0132. The maximum Gasteiger partial charge on any atom is 0.387 e. The van der Waals surface area contributed by atoms with Crippen LogP contribution in [0.1, 0.15) is 29.2 Å². The van der Waals surface area contributed by atoms with Gasteiger partial charge < -0.3 is 9.64 Å². The number of rotatable bonds is 5. The summed E-state index contributed by atoms with van der Waals surface area (Å²) in [5.74, 6) is 0.110. The van der Waals surface area contributed by atoms with Crippen LogP contribution in [0.15, 0.2) is 48.5 Å². The lowest BCUT2D eigenvalue weighted by molar-refractivity contribution is -0.131. The van der Waals surface area contributed by atoms with Crippen LogP contribution in [0.25, 0.3) is 0 Å². The van der Waals surface area contributed by atoms with E-state index in [-0.39, 0.29) is 24.1 Å². The standard InChI is InChI=1S/C19H19F2NO2/c1-22(17-11-8-14-4-2-3-5-16(14)17)18(23)12-13-6-9-15(10-7-13)24-19(20)21/h2-7,9-10,17,19H,8,11-12H2,1H3. The van der Waals surface area contributed by atoms with Crippen molar-refractivity contribution in [3.63, 3.8) is 0 Å². The fourth-order valence-corrected chi connectivity index (χ4v) is 3.20. The van der Waals surface area contributed by atoms with Gasteiger partial charge in [0.15, 0.2) is 0 Å². The lowest BCUT2D eigenvalue weighted by Gasteiger charge is -2.25. The lowest BCUT2D eigenvalue weighted by Crippen LogP contribution is -2.31. The Labute approximate surface area is 139 Å². The number of fused-ring (bicyclic) bond motifs is 1. The van der Waals surface area contributed by atoms with E-state index >= 15 is 0 Å². The van der Waals surface area contributed by atoms with E-state index in [0.717, 1.165) is 18.4 Å². The second-order valence-corrected chi connectivity index (χ2v) is 5.96. The van der Waals surface area contributed by atoms with E-state index in [1.54, 1.807) is 17.0 Å². The van der Waals surface area contributed by atoms with E-state index < -0.39 is 6.61 Å². The molecule has 2 aromatic rings. The fraction of sp³-hybridized carbons (Fsp3) is 0.316. The Morgan fingerprint density at radius 1 is 1.21 bits per heavy atom. The minimum atomic E-state index is -2.84. The molecule has 126 valence electrons. The molecule has 1 aliphatic rings. The van der Waals surface area contributed by atoms with Crippen LogP contribution in [0.2, 0.25) is 0 Å². The van der Waals surface area contributed by atoms with Crippen molar-refractivity contribution in [3.8, 4) is 5.75 Å². The first kappa shape index (κ1) is 16.4. The number of amides is 1. The van der Waals surface area contributed by atoms with Crippen molar-refractivity contribution < 1.29 is 18.3 Å². The summed E-state index contributed by atoms with van der Waals surface area (Å²) in [5, 5.41) is 0. The Balaban J connectivity index is 1.65. The van der Waals surface area contributed by atoms with Gasteiger partial charge in [0, 0.05) is 7.05 Å². The number of alkyl halides is 2. The zero-order chi connectivity index (χ0) is 17.1. The van der Waals surface area contributed by atoms with Crippen LogP contribution < -0.4 is 4.74 Å². The number of carbonyl (C=O) groups is 1. The van der Waals surface area contributed by atoms with E-state index in [1.165, 1.54) is 23.3 Å². The molecule has 0 radical (unpaired) electrons. The number of likely N-dealkylation sites (N-methyl/N-ethyl adjacent to an activating group) is 1. The summed E-state index contributed by atoms with van der Waals surface area (Å²) >= 11 is 0. The molecule has 24 heavy (non-hydrogen) atoms. The summed E-state index contributed by atoms with van der Waals surface area (Å²) in [6.07, 6.45) is 2.16. The average Bonchev–Trinajstić information content (AvgIpc) is 2.99. The van der Waals surface area contributed by atoms with Crippen LogP contribution >= 0.6 is 0 Å². The van der Waals surface area contributed by atoms with Crippen molar-refractivity contribution in [2.24, 2.45) is 0 Å². The Bertz CT molecular complexity index is 716. The Hall–Kier alpha value is -2.43. The van der Waals surface area contributed by atoms with Crippen LogP contribution in [0.3, 0.4) is 0 Å². The molecule has 0 fully saturated rings. The summed E-state index contributed by atoms with van der Waals surface area (Å²) in [5.41, 5.74) is 3.30. The van der Waals surface area contributed by atoms with Crippen LogP contribution in [0.4, 0.5) is 8.78 Å². The fourth-order valence-electron chi connectivity index (χ4n) is 3.20. The first-order valence-electron chi connectivity index (χ1n) is 7.92. The van der Waals surface area contributed by atoms with Gasteiger partial charge >= 0.3 is 6.61 Å². The molecule has 1 aliphatic carbocycles. The third-order valence-corrected chi connectivity index (χ3v) is 4.47. The van der Waals surface area contributed by atoms with Gasteiger partial charge in [-0.05, 0) is 41.7 Å². The summed E-state index contributed by atoms with van der Waals surface area (Å²) in [6, 6.07) is 14.5. The molecule has 1 atom stereocenters. The number of hydrogen-bond acceptors (Lipinski definition) is 2. The van der Waals surface area contributed by atoms with Crippen molar-refractivity contribution in [1.29, 1.82) is 0 Å². The number of benzene rings is 2. The molecule has 1 amide bonds. The van der Waals surface area contributed by atoms with Gasteiger partial charge in [-0.1, -0.05) is 36.4 Å². The normalized spacial score (nSPS) is 16.1. The highest BCUT2D eigenvalue weighted by atomic mass is 19.3. The number of hydrogen-bond donors (Lipinski definition) is 0. The van der Waals surface area contributed by atoms with Gasteiger partial charge in [-0.3, -0.25) is 4.79 Å². The zero-order valence-corrected chi connectivity index (χ0v) is 13.4. The molecule has 0 heterocycles. The Morgan fingerprint density at radius 3 is 2.62 bits per heavy atom. The molecule has 3 nitrogen and oxygen atoms in total. The predicted molar refractivity (Wildman–Crippen MR) is 87.1 cm³/mol. The topological polar surface area (TPSA) is 29.5 Å². The van der Waals surface area contributed by atoms with Crippen molar-refractivity contribution in [3.05, 3.63) is 65.2 Å². The van der Waals surface area contributed by atoms with Crippen molar-refractivity contribution in [1.82, 2.24) is 4.90 Å². The zero-order valence-electron chi connectivity index (χ0n) is 13.4. The minimum Gasteiger partial charge on any atom is -0.435 e. The average molecular weight is 331 g/mol. The number of nitrogens with zero attached hydrogens (tertiary/aromatic N) is 1. The third-order valence-electron chi connectivity index (χ3n) is 4.47. The lowest BCUT2D eigenvalue weighted by atomic mass is 10.1. The van der Waals surface area contributed by atoms with Gasteiger partial charge in [-0.25, -0.2) is 0 Å². The van der Waals surface area contributed by atoms with E-state index in [2.05, 4.69) is 16.9 Å². The molecule has 0 bridgehead atoms. The van der Waals surface area contributed by atoms with Gasteiger partial charge in [-0.15, -0.1) is 0 Å². The monoisotopic (exact) mass is 331 g/mol. The van der Waals surface area contributed by atoms with E-state index in [1.807, 2.05) is 19.2 Å². The molecule has 3 rings (SSSR count). The molecule has 1 unspecified atom stereocenters. The number of ether oxygens (including phenoxy) is 1. The quantitative estimate of drug-likeness (QED) is 0.829. The van der Waals surface area contributed by atoms with Crippen molar-refractivity contribution in [2.45, 2.75) is 31.9 Å². The van der Waals surface area contributed by atoms with Crippen LogP contribution in [0.5, 0.6) is 5.75 Å². The second kappa shape index (κ2) is 6.99. The highest BCUT2D eigenvalue weighted by Crippen LogP contribution is 2.35. The summed E-state index contributed by atoms with van der Waals surface area (Å²) < 4.78 is 28.6. The number of halogens is 2. The van der Waals surface area contributed by atoms with Crippen LogP contribution in [-0.2, 0) is 17.6 Å². The molecular formula is C19H19F2NO2. The maximum atomic E-state index is 12.5. The van der Waals surface area contributed by atoms with E-state index in [9.17, 15) is 13.6 Å². The first-order chi connectivity index (χ1) is 11.5. The highest BCUT2D eigenvalue weighted by molar-refractivity contribution is 5.79. The molecule has 5 heteroatoms. The number of aryl methyl sites for hydroxylation is 1. The SMILES string of the molecule is CN(C(=O)Cc1ccc(OC(F)F)cc1)C1CCc2ccccc21. The summed E-state index contributed by atoms with van der Waals surface area (Å²) in [7, 11) is 1.82. The largest absolute Gasteiger partial charge is 0.435 e. The molecule has 0 aromatic heterocycles. The van der Waals surface area contributed by atoms with E-state index in [4.69, 9.17) is 0 Å². The molecule has 0 saturated heterocycles. The van der Waals surface area contributed by atoms with Crippen molar-refractivity contribution in [2.75, 3.05) is 7.05 Å². The maximum absolute atomic E-state index is 12.5. The molecule has 0 spiro atoms. The molecular weight excluding hydrogens is 312 g/mol. The second-order valence-electron chi connectivity index (χ2n) is 5.96. The van der Waals surface area contributed by atoms with Crippen LogP contribution in [-0.4, -0.2) is 24.5 Å². The molecule has 2 aromatic carbocycles. The molecule has 0 saturated carbocycles. The van der Waals surface area contributed by atoms with Crippen molar-refractivity contribution >= 4 is 5.91 Å². The Kier molecular flexibility index (Phi) is 4.79. The number of carbonyl (C=O) groups excluding carboxylic acids is 1. The van der Waals surface area contributed by atoms with Crippen LogP contribution in [0, 0.1) is 0 Å². The molecule has 0 N–H and O–H groups in total. The smallest absolute Gasteiger partial charge is 0.387 e. The third kappa shape index (κ3) is 3.55. The van der Waals surface area contributed by atoms with Gasteiger partial charge in [0.1, 0.15) is 5.75 Å². The highest BCUT2D eigenvalue weighted by Gasteiger charge is 2.28. The van der Waals surface area contributed by atoms with Gasteiger partial charge in [0.05, 0.1) is 12.5 Å². The van der Waals surface area contributed by atoms with Gasteiger partial charge in [0.25, 0.3) is 0 Å². The van der Waals surface area contributed by atoms with Gasteiger partial charge in [0.2, 0.25) is 5.91 Å².